The molecule has 1 N–H and O–H groups in total. The molecule has 0 fully saturated rings. The molecule has 0 amide bonds. The first-order valence-corrected chi connectivity index (χ1v) is 14.1. The summed E-state index contributed by atoms with van der Waals surface area (Å²) in [5.41, 5.74) is 9.35. The van der Waals surface area contributed by atoms with Crippen LogP contribution in [0.1, 0.15) is 66.1 Å². The number of thiophene rings is 1. The Morgan fingerprint density at radius 3 is 2.71 bits per heavy atom. The molecule has 196 valence electrons. The minimum absolute atomic E-state index is 0.0552. The molecule has 0 spiro atoms. The SMILES string of the molecule is C=C(Nc1cc(C(C)(C)C)nn1-c1ccc(C)cc1)c1csc2c1CCN(Cc1ccncc1/C=C\C)C2. The number of fused-ring (bicyclic) bond motifs is 1. The highest BCUT2D eigenvalue weighted by molar-refractivity contribution is 7.10. The van der Waals surface area contributed by atoms with Crippen molar-refractivity contribution in [2.45, 2.75) is 59.5 Å². The van der Waals surface area contributed by atoms with Gasteiger partial charge in [0.25, 0.3) is 0 Å². The molecule has 1 aliphatic heterocycles. The van der Waals surface area contributed by atoms with E-state index in [0.717, 1.165) is 49.0 Å². The van der Waals surface area contributed by atoms with Gasteiger partial charge >= 0.3 is 0 Å². The van der Waals surface area contributed by atoms with Crippen molar-refractivity contribution in [3.8, 4) is 5.69 Å². The highest BCUT2D eigenvalue weighted by Crippen LogP contribution is 2.35. The van der Waals surface area contributed by atoms with Crippen LogP contribution in [0.3, 0.4) is 0 Å². The lowest BCUT2D eigenvalue weighted by Crippen LogP contribution is -2.29. The van der Waals surface area contributed by atoms with E-state index in [1.165, 1.54) is 32.7 Å². The van der Waals surface area contributed by atoms with E-state index >= 15 is 0 Å². The highest BCUT2D eigenvalue weighted by atomic mass is 32.1. The molecule has 6 heteroatoms. The highest BCUT2D eigenvalue weighted by Gasteiger charge is 2.24. The van der Waals surface area contributed by atoms with Gasteiger partial charge < -0.3 is 5.32 Å². The van der Waals surface area contributed by atoms with Gasteiger partial charge in [-0.25, -0.2) is 4.68 Å². The predicted octanol–water partition coefficient (Wildman–Crippen LogP) is 7.61. The maximum absolute atomic E-state index is 4.97. The maximum atomic E-state index is 4.97. The fourth-order valence-electron chi connectivity index (χ4n) is 4.86. The van der Waals surface area contributed by atoms with Crippen LogP contribution in [-0.4, -0.2) is 26.2 Å². The Labute approximate surface area is 230 Å². The van der Waals surface area contributed by atoms with E-state index in [4.69, 9.17) is 5.10 Å². The quantitative estimate of drug-likeness (QED) is 0.271. The van der Waals surface area contributed by atoms with Crippen molar-refractivity contribution < 1.29 is 0 Å². The molecule has 0 saturated heterocycles. The minimum Gasteiger partial charge on any atom is -0.340 e. The van der Waals surface area contributed by atoms with Crippen LogP contribution in [0, 0.1) is 6.92 Å². The van der Waals surface area contributed by atoms with Gasteiger partial charge in [0.05, 0.1) is 11.4 Å². The lowest BCUT2D eigenvalue weighted by atomic mass is 9.92. The van der Waals surface area contributed by atoms with Gasteiger partial charge in [-0.1, -0.05) is 57.2 Å². The fraction of sp³-hybridized carbons (Fsp3) is 0.312. The number of rotatable bonds is 7. The normalized spacial score (nSPS) is 14.1. The number of anilines is 1. The van der Waals surface area contributed by atoms with Crippen molar-refractivity contribution in [2.75, 3.05) is 11.9 Å². The smallest absolute Gasteiger partial charge is 0.134 e. The summed E-state index contributed by atoms with van der Waals surface area (Å²) in [6, 6.07) is 12.8. The van der Waals surface area contributed by atoms with Gasteiger partial charge in [0.15, 0.2) is 0 Å². The number of pyridine rings is 1. The Morgan fingerprint density at radius 2 is 1.97 bits per heavy atom. The second-order valence-electron chi connectivity index (χ2n) is 11.1. The Kier molecular flexibility index (Phi) is 7.37. The summed E-state index contributed by atoms with van der Waals surface area (Å²) in [5.74, 6) is 0.940. The van der Waals surface area contributed by atoms with E-state index in [0.29, 0.717) is 0 Å². The molecule has 5 rings (SSSR count). The van der Waals surface area contributed by atoms with Crippen molar-refractivity contribution in [3.05, 3.63) is 105 Å². The van der Waals surface area contributed by atoms with Crippen molar-refractivity contribution in [1.82, 2.24) is 19.7 Å². The molecule has 0 radical (unpaired) electrons. The van der Waals surface area contributed by atoms with Crippen molar-refractivity contribution in [2.24, 2.45) is 0 Å². The van der Waals surface area contributed by atoms with Crippen molar-refractivity contribution in [3.63, 3.8) is 0 Å². The van der Waals surface area contributed by atoms with Gasteiger partial charge in [0, 0.05) is 65.0 Å². The maximum Gasteiger partial charge on any atom is 0.134 e. The molecule has 0 atom stereocenters. The number of benzene rings is 1. The summed E-state index contributed by atoms with van der Waals surface area (Å²) in [6.45, 7) is 18.1. The van der Waals surface area contributed by atoms with Crippen molar-refractivity contribution >= 4 is 28.9 Å². The molecule has 3 aromatic heterocycles. The van der Waals surface area contributed by atoms with E-state index in [2.05, 4.69) is 110 Å². The van der Waals surface area contributed by atoms with Crippen LogP contribution in [0.2, 0.25) is 0 Å². The largest absolute Gasteiger partial charge is 0.340 e. The number of aromatic nitrogens is 3. The summed E-state index contributed by atoms with van der Waals surface area (Å²) in [5, 5.41) is 10.9. The summed E-state index contributed by atoms with van der Waals surface area (Å²) in [6.07, 6.45) is 9.08. The number of nitrogens with one attached hydrogen (secondary N) is 1. The molecule has 0 unspecified atom stereocenters. The Hall–Kier alpha value is -3.48. The Balaban J connectivity index is 1.36. The third-order valence-electron chi connectivity index (χ3n) is 7.07. The molecule has 1 aliphatic rings. The molecule has 0 bridgehead atoms. The molecular weight excluding hydrogens is 486 g/mol. The van der Waals surface area contributed by atoms with Gasteiger partial charge in [-0.15, -0.1) is 11.3 Å². The Bertz CT molecular complexity index is 1470. The summed E-state index contributed by atoms with van der Waals surface area (Å²) in [7, 11) is 0. The van der Waals surface area contributed by atoms with Gasteiger partial charge in [-0.05, 0) is 55.2 Å². The molecular formula is C32H37N5S. The van der Waals surface area contributed by atoms with Crippen LogP contribution in [0.5, 0.6) is 0 Å². The van der Waals surface area contributed by atoms with Crippen LogP contribution in [0.25, 0.3) is 17.5 Å². The van der Waals surface area contributed by atoms with Crippen LogP contribution < -0.4 is 5.32 Å². The van der Waals surface area contributed by atoms with E-state index in [-0.39, 0.29) is 5.41 Å². The first-order valence-electron chi connectivity index (χ1n) is 13.2. The summed E-state index contributed by atoms with van der Waals surface area (Å²) in [4.78, 5) is 8.26. The third kappa shape index (κ3) is 5.52. The lowest BCUT2D eigenvalue weighted by Gasteiger charge is -2.28. The second kappa shape index (κ2) is 10.7. The van der Waals surface area contributed by atoms with Crippen LogP contribution >= 0.6 is 11.3 Å². The molecule has 38 heavy (non-hydrogen) atoms. The van der Waals surface area contributed by atoms with Gasteiger partial charge in [-0.2, -0.15) is 5.10 Å². The van der Waals surface area contributed by atoms with E-state index in [1.54, 1.807) is 0 Å². The van der Waals surface area contributed by atoms with Crippen LogP contribution in [0.15, 0.2) is 66.8 Å². The third-order valence-corrected chi connectivity index (χ3v) is 8.09. The first-order chi connectivity index (χ1) is 18.2. The number of hydrogen-bond donors (Lipinski definition) is 1. The van der Waals surface area contributed by atoms with Crippen molar-refractivity contribution in [1.29, 1.82) is 0 Å². The monoisotopic (exact) mass is 523 g/mol. The zero-order chi connectivity index (χ0) is 26.9. The Morgan fingerprint density at radius 1 is 1.18 bits per heavy atom. The molecule has 4 aromatic rings. The zero-order valence-corrected chi connectivity index (χ0v) is 23.9. The summed E-state index contributed by atoms with van der Waals surface area (Å²) >= 11 is 1.84. The molecule has 0 saturated carbocycles. The minimum atomic E-state index is -0.0552. The first kappa shape index (κ1) is 26.1. The van der Waals surface area contributed by atoms with Gasteiger partial charge in [0.1, 0.15) is 5.82 Å². The number of nitrogens with zero attached hydrogens (tertiary/aromatic N) is 4. The number of allylic oxidation sites excluding steroid dienone is 1. The second-order valence-corrected chi connectivity index (χ2v) is 12.1. The van der Waals surface area contributed by atoms with E-state index in [1.807, 2.05) is 28.4 Å². The average molecular weight is 524 g/mol. The number of hydrogen-bond acceptors (Lipinski definition) is 5. The molecule has 1 aromatic carbocycles. The molecule has 0 aliphatic carbocycles. The molecule has 4 heterocycles. The van der Waals surface area contributed by atoms with Gasteiger partial charge in [-0.3, -0.25) is 9.88 Å². The van der Waals surface area contributed by atoms with Gasteiger partial charge in [0.2, 0.25) is 0 Å². The van der Waals surface area contributed by atoms with E-state index < -0.39 is 0 Å². The standard InChI is InChI=1S/C32H37N5S/c1-7-8-24-18-33-15-13-25(24)19-36-16-14-27-28(21-38-29(27)20-36)23(3)34-31-17-30(32(4,5)6)35-37(31)26-11-9-22(2)10-12-26/h7-13,15,17-18,21,34H,3,14,16,19-20H2,1-2,4-6H3/b8-7-. The summed E-state index contributed by atoms with van der Waals surface area (Å²) < 4.78 is 2.00. The van der Waals surface area contributed by atoms with E-state index in [9.17, 15) is 0 Å². The zero-order valence-electron chi connectivity index (χ0n) is 23.1. The molecule has 5 nitrogen and oxygen atoms in total. The van der Waals surface area contributed by atoms with Crippen LogP contribution in [0.4, 0.5) is 5.82 Å². The average Bonchev–Trinajstić information content (AvgIpc) is 3.50. The predicted molar refractivity (Wildman–Crippen MR) is 161 cm³/mol. The van der Waals surface area contributed by atoms with Crippen LogP contribution in [-0.2, 0) is 24.9 Å². The number of aryl methyl sites for hydroxylation is 1. The fourth-order valence-corrected chi connectivity index (χ4v) is 6.02. The lowest BCUT2D eigenvalue weighted by molar-refractivity contribution is 0.248. The topological polar surface area (TPSA) is 46.0 Å².